The predicted octanol–water partition coefficient (Wildman–Crippen LogP) is 2.65. The number of nitrogens with two attached hydrogens (primary N) is 1. The summed E-state index contributed by atoms with van der Waals surface area (Å²) in [5, 5.41) is 36.0. The van der Waals surface area contributed by atoms with Gasteiger partial charge in [0.05, 0.1) is 48.0 Å². The molecule has 0 saturated heterocycles. The van der Waals surface area contributed by atoms with Crippen molar-refractivity contribution < 1.29 is 29.4 Å². The van der Waals surface area contributed by atoms with E-state index >= 15 is 0 Å². The number of benzene rings is 2. The van der Waals surface area contributed by atoms with Crippen LogP contribution in [0, 0.1) is 5.92 Å². The second-order valence-electron chi connectivity index (χ2n) is 13.6. The lowest BCUT2D eigenvalue weighted by Crippen LogP contribution is -2.57. The lowest BCUT2D eigenvalue weighted by molar-refractivity contribution is -0.131. The standard InChI is InChI=1S/C39H51N7O6S/c1-25(2)17-32(35(48)20-36(49)43-29(22-47)13-5-6-15-40)44-39(52)34(19-30-23-53-24-42-30)46-38(51)33(45-37(50)28-12-8-16-41-21-28)18-27-11-7-10-26-9-3-4-14-31(26)27/h3-4,7-12,14,16,21,23-25,29,32-35,47-48H,5-6,13,15,17-20,22,40H2,1-2H3,(H,43,49)(H,44,52)(H,45,50)(H,46,51)/t29-,32-,33-,34?,35-/m0/s1. The van der Waals surface area contributed by atoms with Crippen molar-refractivity contribution in [1.82, 2.24) is 31.2 Å². The number of amides is 4. The Morgan fingerprint density at radius 1 is 0.887 bits per heavy atom. The maximum Gasteiger partial charge on any atom is 0.253 e. The molecule has 0 radical (unpaired) electrons. The Kier molecular flexibility index (Phi) is 16.3. The normalized spacial score (nSPS) is 14.2. The summed E-state index contributed by atoms with van der Waals surface area (Å²) in [6, 6.07) is 13.2. The Morgan fingerprint density at radius 2 is 1.64 bits per heavy atom. The van der Waals surface area contributed by atoms with Gasteiger partial charge < -0.3 is 37.2 Å². The Balaban J connectivity index is 1.55. The molecule has 0 spiro atoms. The first-order chi connectivity index (χ1) is 25.6. The van der Waals surface area contributed by atoms with Gasteiger partial charge in [-0.3, -0.25) is 24.2 Å². The van der Waals surface area contributed by atoms with Gasteiger partial charge in [-0.15, -0.1) is 11.3 Å². The molecule has 4 aromatic rings. The van der Waals surface area contributed by atoms with Crippen LogP contribution in [0.3, 0.4) is 0 Å². The van der Waals surface area contributed by atoms with Crippen LogP contribution in [0.25, 0.3) is 10.8 Å². The number of thiazole rings is 1. The summed E-state index contributed by atoms with van der Waals surface area (Å²) in [5.41, 5.74) is 8.87. The summed E-state index contributed by atoms with van der Waals surface area (Å²) in [6.07, 6.45) is 3.97. The van der Waals surface area contributed by atoms with Gasteiger partial charge in [0.25, 0.3) is 5.91 Å². The predicted molar refractivity (Wildman–Crippen MR) is 205 cm³/mol. The summed E-state index contributed by atoms with van der Waals surface area (Å²) < 4.78 is 0. The molecule has 8 N–H and O–H groups in total. The molecular weight excluding hydrogens is 695 g/mol. The monoisotopic (exact) mass is 745 g/mol. The number of hydrogen-bond acceptors (Lipinski definition) is 10. The van der Waals surface area contributed by atoms with Gasteiger partial charge in [0.15, 0.2) is 0 Å². The van der Waals surface area contributed by atoms with Gasteiger partial charge in [-0.2, -0.15) is 0 Å². The number of aromatic nitrogens is 2. The minimum absolute atomic E-state index is 0.0406. The van der Waals surface area contributed by atoms with Gasteiger partial charge in [-0.25, -0.2) is 4.98 Å². The van der Waals surface area contributed by atoms with E-state index in [1.54, 1.807) is 29.2 Å². The van der Waals surface area contributed by atoms with Gasteiger partial charge in [0, 0.05) is 30.6 Å². The van der Waals surface area contributed by atoms with Gasteiger partial charge in [-0.1, -0.05) is 62.7 Å². The van der Waals surface area contributed by atoms with Crippen LogP contribution in [0.4, 0.5) is 0 Å². The maximum atomic E-state index is 14.2. The van der Waals surface area contributed by atoms with Crippen molar-refractivity contribution in [2.45, 2.75) is 89.1 Å². The number of nitrogens with one attached hydrogen (secondary N) is 4. The van der Waals surface area contributed by atoms with Crippen LogP contribution in [0.15, 0.2) is 77.9 Å². The number of aliphatic hydroxyl groups excluding tert-OH is 2. The fourth-order valence-electron chi connectivity index (χ4n) is 6.13. The number of carbonyl (C=O) groups is 4. The molecule has 0 aliphatic heterocycles. The molecule has 2 aromatic heterocycles. The highest BCUT2D eigenvalue weighted by Crippen LogP contribution is 2.21. The van der Waals surface area contributed by atoms with E-state index in [4.69, 9.17) is 5.73 Å². The van der Waals surface area contributed by atoms with Gasteiger partial charge in [0.2, 0.25) is 17.7 Å². The van der Waals surface area contributed by atoms with E-state index in [1.807, 2.05) is 56.3 Å². The van der Waals surface area contributed by atoms with Gasteiger partial charge in [-0.05, 0) is 60.2 Å². The molecule has 2 aromatic carbocycles. The Labute approximate surface area is 314 Å². The summed E-state index contributed by atoms with van der Waals surface area (Å²) in [7, 11) is 0. The van der Waals surface area contributed by atoms with Crippen molar-refractivity contribution in [2.75, 3.05) is 13.2 Å². The van der Waals surface area contributed by atoms with E-state index < -0.39 is 53.9 Å². The molecule has 0 saturated carbocycles. The van der Waals surface area contributed by atoms with E-state index in [0.717, 1.165) is 29.2 Å². The molecule has 0 aliphatic rings. The molecule has 0 aliphatic carbocycles. The van der Waals surface area contributed by atoms with Gasteiger partial charge >= 0.3 is 0 Å². The van der Waals surface area contributed by atoms with E-state index in [9.17, 15) is 29.4 Å². The molecular formula is C39H51N7O6S. The number of fused-ring (bicyclic) bond motifs is 1. The Bertz CT molecular complexity index is 1750. The van der Waals surface area contributed by atoms with Crippen molar-refractivity contribution in [3.05, 3.63) is 94.7 Å². The van der Waals surface area contributed by atoms with Crippen molar-refractivity contribution in [1.29, 1.82) is 0 Å². The van der Waals surface area contributed by atoms with E-state index in [2.05, 4.69) is 31.2 Å². The van der Waals surface area contributed by atoms with Crippen molar-refractivity contribution in [2.24, 2.45) is 11.7 Å². The van der Waals surface area contributed by atoms with E-state index in [-0.39, 0.29) is 37.4 Å². The third-order valence-corrected chi connectivity index (χ3v) is 9.52. The molecule has 4 amide bonds. The zero-order valence-electron chi connectivity index (χ0n) is 30.2. The molecule has 1 unspecified atom stereocenters. The molecule has 284 valence electrons. The molecule has 14 heteroatoms. The summed E-state index contributed by atoms with van der Waals surface area (Å²) in [6.45, 7) is 4.13. The first-order valence-electron chi connectivity index (χ1n) is 18.0. The highest BCUT2D eigenvalue weighted by molar-refractivity contribution is 7.07. The fraction of sp³-hybridized carbons (Fsp3) is 0.436. The number of nitrogens with zero attached hydrogens (tertiary/aromatic N) is 2. The average molecular weight is 746 g/mol. The summed E-state index contributed by atoms with van der Waals surface area (Å²) >= 11 is 1.35. The fourth-order valence-corrected chi connectivity index (χ4v) is 6.71. The third-order valence-electron chi connectivity index (χ3n) is 8.88. The topological polar surface area (TPSA) is 209 Å². The van der Waals surface area contributed by atoms with Crippen molar-refractivity contribution in [3.63, 3.8) is 0 Å². The van der Waals surface area contributed by atoms with Crippen LogP contribution >= 0.6 is 11.3 Å². The van der Waals surface area contributed by atoms with Crippen LogP contribution < -0.4 is 27.0 Å². The average Bonchev–Trinajstić information content (AvgIpc) is 3.67. The smallest absolute Gasteiger partial charge is 0.253 e. The number of aliphatic hydroxyl groups is 2. The number of carbonyl (C=O) groups excluding carboxylic acids is 4. The Morgan fingerprint density at radius 3 is 2.34 bits per heavy atom. The minimum Gasteiger partial charge on any atom is -0.394 e. The van der Waals surface area contributed by atoms with E-state index in [1.165, 1.54) is 17.5 Å². The number of unbranched alkanes of at least 4 members (excludes halogenated alkanes) is 1. The quantitative estimate of drug-likeness (QED) is 0.0625. The maximum absolute atomic E-state index is 14.2. The van der Waals surface area contributed by atoms with Crippen LogP contribution in [0.5, 0.6) is 0 Å². The Hall–Kier alpha value is -4.76. The largest absolute Gasteiger partial charge is 0.394 e. The zero-order chi connectivity index (χ0) is 38.2. The lowest BCUT2D eigenvalue weighted by atomic mass is 9.96. The summed E-state index contributed by atoms with van der Waals surface area (Å²) in [4.78, 5) is 62.9. The second kappa shape index (κ2) is 21.1. The first kappa shape index (κ1) is 41.0. The molecule has 13 nitrogen and oxygen atoms in total. The SMILES string of the molecule is CC(C)C[C@H](NC(=O)C(Cc1cscn1)NC(=O)[C@H](Cc1cccc2ccccc12)NC(=O)c1cccnc1)[C@@H](O)CC(=O)N[C@H](CO)CCCCN. The van der Waals surface area contributed by atoms with Crippen molar-refractivity contribution in [3.8, 4) is 0 Å². The molecule has 2 heterocycles. The molecule has 53 heavy (non-hydrogen) atoms. The first-order valence-corrected chi connectivity index (χ1v) is 19.0. The highest BCUT2D eigenvalue weighted by Gasteiger charge is 2.32. The zero-order valence-corrected chi connectivity index (χ0v) is 31.1. The molecule has 4 rings (SSSR count). The van der Waals surface area contributed by atoms with Crippen molar-refractivity contribution >= 4 is 45.7 Å². The van der Waals surface area contributed by atoms with E-state index in [0.29, 0.717) is 25.1 Å². The molecule has 0 bridgehead atoms. The van der Waals surface area contributed by atoms with Crippen LogP contribution in [-0.2, 0) is 27.2 Å². The van der Waals surface area contributed by atoms with Crippen LogP contribution in [-0.4, -0.2) is 87.2 Å². The molecule has 5 atom stereocenters. The minimum atomic E-state index is -1.25. The number of rotatable bonds is 21. The van der Waals surface area contributed by atoms with Crippen LogP contribution in [0.2, 0.25) is 0 Å². The van der Waals surface area contributed by atoms with Gasteiger partial charge in [0.1, 0.15) is 12.1 Å². The highest BCUT2D eigenvalue weighted by atomic mass is 32.1. The third kappa shape index (κ3) is 13.0. The number of pyridine rings is 1. The summed E-state index contributed by atoms with van der Waals surface area (Å²) in [5.74, 6) is -2.08. The number of hydrogen-bond donors (Lipinski definition) is 7. The second-order valence-corrected chi connectivity index (χ2v) is 14.3. The lowest BCUT2D eigenvalue weighted by Gasteiger charge is -2.29. The molecule has 0 fully saturated rings. The van der Waals surface area contributed by atoms with Crippen LogP contribution in [0.1, 0.15) is 67.6 Å².